The second-order valence-electron chi connectivity index (χ2n) is 5.51. The van der Waals surface area contributed by atoms with Crippen molar-refractivity contribution < 1.29 is 4.74 Å². The Morgan fingerprint density at radius 1 is 1.38 bits per heavy atom. The van der Waals surface area contributed by atoms with Crippen LogP contribution < -0.4 is 9.64 Å². The molecule has 0 radical (unpaired) electrons. The van der Waals surface area contributed by atoms with E-state index in [0.717, 1.165) is 31.7 Å². The van der Waals surface area contributed by atoms with Gasteiger partial charge in [-0.05, 0) is 19.1 Å². The monoisotopic (exact) mass is 342 g/mol. The van der Waals surface area contributed by atoms with Crippen molar-refractivity contribution in [3.63, 3.8) is 0 Å². The maximum atomic E-state index is 9.33. The molecule has 0 aromatic carbocycles. The van der Waals surface area contributed by atoms with Crippen LogP contribution in [0.25, 0.3) is 0 Å². The number of hydrogen-bond donors (Lipinski definition) is 0. The van der Waals surface area contributed by atoms with Crippen LogP contribution in [0.15, 0.2) is 29.9 Å². The van der Waals surface area contributed by atoms with Gasteiger partial charge in [0.25, 0.3) is 0 Å². The molecule has 8 heteroatoms. The maximum absolute atomic E-state index is 9.33. The van der Waals surface area contributed by atoms with Gasteiger partial charge in [0.2, 0.25) is 5.88 Å². The van der Waals surface area contributed by atoms with Crippen molar-refractivity contribution in [1.29, 1.82) is 5.26 Å². The number of nitriles is 1. The first-order chi connectivity index (χ1) is 11.8. The van der Waals surface area contributed by atoms with E-state index in [4.69, 9.17) is 4.74 Å². The summed E-state index contributed by atoms with van der Waals surface area (Å²) in [6.45, 7) is 2.28. The van der Waals surface area contributed by atoms with Gasteiger partial charge in [-0.2, -0.15) is 5.26 Å². The molecule has 3 heterocycles. The number of thioether (sulfide) groups is 1. The lowest BCUT2D eigenvalue weighted by atomic mass is 9.98. The Morgan fingerprint density at radius 3 is 3.04 bits per heavy atom. The van der Waals surface area contributed by atoms with E-state index in [0.29, 0.717) is 29.1 Å². The van der Waals surface area contributed by atoms with Gasteiger partial charge in [0.1, 0.15) is 11.6 Å². The second kappa shape index (κ2) is 7.93. The zero-order valence-electron chi connectivity index (χ0n) is 13.4. The molecule has 1 saturated heterocycles. The van der Waals surface area contributed by atoms with Crippen molar-refractivity contribution in [3.8, 4) is 11.9 Å². The summed E-state index contributed by atoms with van der Waals surface area (Å²) in [7, 11) is 0. The van der Waals surface area contributed by atoms with E-state index in [-0.39, 0.29) is 0 Å². The quantitative estimate of drug-likeness (QED) is 0.603. The SMILES string of the molecule is CSc1ncc(C#N)c(N2CCCC(COc3cnccn3)C2)n1. The van der Waals surface area contributed by atoms with Gasteiger partial charge < -0.3 is 9.64 Å². The lowest BCUT2D eigenvalue weighted by molar-refractivity contribution is 0.220. The maximum Gasteiger partial charge on any atom is 0.232 e. The number of piperidine rings is 1. The number of anilines is 1. The average molecular weight is 342 g/mol. The number of nitrogens with zero attached hydrogens (tertiary/aromatic N) is 6. The topological polar surface area (TPSA) is 87.8 Å². The number of rotatable bonds is 5. The molecule has 1 aliphatic heterocycles. The van der Waals surface area contributed by atoms with Crippen LogP contribution in [0.5, 0.6) is 5.88 Å². The van der Waals surface area contributed by atoms with Crippen LogP contribution in [0.2, 0.25) is 0 Å². The Bertz CT molecular complexity index is 720. The van der Waals surface area contributed by atoms with Crippen molar-refractivity contribution in [2.45, 2.75) is 18.0 Å². The fraction of sp³-hybridized carbons (Fsp3) is 0.438. The standard InChI is InChI=1S/C16H18N6OS/c1-24-16-20-8-13(7-17)15(21-16)22-6-2-3-12(10-22)11-23-14-9-18-4-5-19-14/h4-5,8-9,12H,2-3,6,10-11H2,1H3. The molecule has 1 unspecified atom stereocenters. The van der Waals surface area contributed by atoms with Crippen molar-refractivity contribution in [2.75, 3.05) is 30.9 Å². The molecule has 24 heavy (non-hydrogen) atoms. The third-order valence-electron chi connectivity index (χ3n) is 3.87. The summed E-state index contributed by atoms with van der Waals surface area (Å²) < 4.78 is 5.73. The van der Waals surface area contributed by atoms with Gasteiger partial charge in [-0.3, -0.25) is 4.98 Å². The van der Waals surface area contributed by atoms with E-state index in [2.05, 4.69) is 30.9 Å². The van der Waals surface area contributed by atoms with Gasteiger partial charge in [0, 0.05) is 31.4 Å². The van der Waals surface area contributed by atoms with E-state index in [1.165, 1.54) is 11.8 Å². The van der Waals surface area contributed by atoms with Gasteiger partial charge in [0.15, 0.2) is 11.0 Å². The van der Waals surface area contributed by atoms with Crippen molar-refractivity contribution in [3.05, 3.63) is 30.4 Å². The molecule has 2 aromatic heterocycles. The molecule has 1 aliphatic rings. The summed E-state index contributed by atoms with van der Waals surface area (Å²) >= 11 is 1.48. The predicted molar refractivity (Wildman–Crippen MR) is 91.0 cm³/mol. The van der Waals surface area contributed by atoms with Crippen LogP contribution in [0.1, 0.15) is 18.4 Å². The summed E-state index contributed by atoms with van der Waals surface area (Å²) in [5.74, 6) is 1.63. The van der Waals surface area contributed by atoms with Crippen LogP contribution in [-0.4, -0.2) is 45.9 Å². The molecule has 0 bridgehead atoms. The zero-order chi connectivity index (χ0) is 16.8. The highest BCUT2D eigenvalue weighted by molar-refractivity contribution is 7.98. The predicted octanol–water partition coefficient (Wildman–Crippen LogP) is 2.16. The highest BCUT2D eigenvalue weighted by Crippen LogP contribution is 2.26. The molecular formula is C16H18N6OS. The Balaban J connectivity index is 1.68. The molecule has 0 amide bonds. The third-order valence-corrected chi connectivity index (χ3v) is 4.44. The van der Waals surface area contributed by atoms with Crippen molar-refractivity contribution in [2.24, 2.45) is 5.92 Å². The van der Waals surface area contributed by atoms with Gasteiger partial charge in [-0.15, -0.1) is 0 Å². The van der Waals surface area contributed by atoms with E-state index in [1.807, 2.05) is 6.26 Å². The molecule has 0 spiro atoms. The van der Waals surface area contributed by atoms with Crippen LogP contribution in [-0.2, 0) is 0 Å². The third kappa shape index (κ3) is 3.92. The molecular weight excluding hydrogens is 324 g/mol. The molecule has 0 saturated carbocycles. The number of hydrogen-bond acceptors (Lipinski definition) is 8. The molecule has 1 atom stereocenters. The fourth-order valence-corrected chi connectivity index (χ4v) is 3.07. The highest BCUT2D eigenvalue weighted by Gasteiger charge is 2.24. The van der Waals surface area contributed by atoms with E-state index < -0.39 is 0 Å². The molecule has 3 rings (SSSR count). The largest absolute Gasteiger partial charge is 0.476 e. The minimum absolute atomic E-state index is 0.361. The van der Waals surface area contributed by atoms with Crippen LogP contribution >= 0.6 is 11.8 Å². The molecule has 124 valence electrons. The average Bonchev–Trinajstić information content (AvgIpc) is 2.67. The minimum Gasteiger partial charge on any atom is -0.476 e. The van der Waals surface area contributed by atoms with E-state index >= 15 is 0 Å². The summed E-state index contributed by atoms with van der Waals surface area (Å²) in [6.07, 6.45) is 10.5. The van der Waals surface area contributed by atoms with Gasteiger partial charge in [0.05, 0.1) is 19.0 Å². The summed E-state index contributed by atoms with van der Waals surface area (Å²) in [5.41, 5.74) is 0.517. The van der Waals surface area contributed by atoms with Crippen LogP contribution in [0.3, 0.4) is 0 Å². The normalized spacial score (nSPS) is 17.3. The lowest BCUT2D eigenvalue weighted by Gasteiger charge is -2.33. The molecule has 0 aliphatic carbocycles. The first-order valence-corrected chi connectivity index (χ1v) is 8.97. The Labute approximate surface area is 145 Å². The molecule has 7 nitrogen and oxygen atoms in total. The number of ether oxygens (including phenoxy) is 1. The fourth-order valence-electron chi connectivity index (χ4n) is 2.73. The van der Waals surface area contributed by atoms with Crippen molar-refractivity contribution in [1.82, 2.24) is 19.9 Å². The van der Waals surface area contributed by atoms with Crippen LogP contribution in [0, 0.1) is 17.2 Å². The Hall–Kier alpha value is -2.40. The molecule has 1 fully saturated rings. The smallest absolute Gasteiger partial charge is 0.232 e. The first kappa shape index (κ1) is 16.5. The Kier molecular flexibility index (Phi) is 5.43. The van der Waals surface area contributed by atoms with E-state index in [9.17, 15) is 5.26 Å². The molecule has 2 aromatic rings. The first-order valence-electron chi connectivity index (χ1n) is 7.75. The summed E-state index contributed by atoms with van der Waals surface area (Å²) in [4.78, 5) is 19.0. The highest BCUT2D eigenvalue weighted by atomic mass is 32.2. The summed E-state index contributed by atoms with van der Waals surface area (Å²) in [6, 6.07) is 2.19. The lowest BCUT2D eigenvalue weighted by Crippen LogP contribution is -2.38. The second-order valence-corrected chi connectivity index (χ2v) is 6.29. The number of aromatic nitrogens is 4. The zero-order valence-corrected chi connectivity index (χ0v) is 14.2. The van der Waals surface area contributed by atoms with Crippen LogP contribution in [0.4, 0.5) is 5.82 Å². The summed E-state index contributed by atoms with van der Waals surface area (Å²) in [5, 5.41) is 10.0. The molecule has 0 N–H and O–H groups in total. The minimum atomic E-state index is 0.361. The van der Waals surface area contributed by atoms with Gasteiger partial charge in [-0.1, -0.05) is 11.8 Å². The van der Waals surface area contributed by atoms with E-state index in [1.54, 1.807) is 24.8 Å². The van der Waals surface area contributed by atoms with Crippen molar-refractivity contribution >= 4 is 17.6 Å². The van der Waals surface area contributed by atoms with Gasteiger partial charge in [-0.25, -0.2) is 15.0 Å². The van der Waals surface area contributed by atoms with Gasteiger partial charge >= 0.3 is 0 Å². The Morgan fingerprint density at radius 2 is 2.29 bits per heavy atom.